The largest absolute Gasteiger partial charge is 0.493 e. The van der Waals surface area contributed by atoms with Crippen LogP contribution in [-0.2, 0) is 4.79 Å². The summed E-state index contributed by atoms with van der Waals surface area (Å²) in [5.74, 6) is -0.387. The second kappa shape index (κ2) is 6.27. The SMILES string of the molecule is COc1ccc(C2N[C@@H](C(=O)O)CS2)cc1OC(F)F. The molecule has 1 saturated heterocycles. The van der Waals surface area contributed by atoms with Gasteiger partial charge in [0.15, 0.2) is 11.5 Å². The topological polar surface area (TPSA) is 67.8 Å². The number of nitrogens with one attached hydrogen (secondary N) is 1. The van der Waals surface area contributed by atoms with Crippen molar-refractivity contribution in [2.24, 2.45) is 0 Å². The van der Waals surface area contributed by atoms with Crippen molar-refractivity contribution < 1.29 is 28.2 Å². The number of carboxylic acid groups (broad SMARTS) is 1. The van der Waals surface area contributed by atoms with E-state index in [0.29, 0.717) is 11.3 Å². The molecular weight excluding hydrogens is 292 g/mol. The summed E-state index contributed by atoms with van der Waals surface area (Å²) in [6, 6.07) is 3.99. The third kappa shape index (κ3) is 3.31. The van der Waals surface area contributed by atoms with Crippen molar-refractivity contribution in [3.63, 3.8) is 0 Å². The lowest BCUT2D eigenvalue weighted by molar-refractivity contribution is -0.138. The molecule has 8 heteroatoms. The number of alkyl halides is 2. The van der Waals surface area contributed by atoms with Gasteiger partial charge in [-0.3, -0.25) is 10.1 Å². The van der Waals surface area contributed by atoms with Gasteiger partial charge >= 0.3 is 12.6 Å². The molecule has 0 aromatic heterocycles. The molecule has 0 amide bonds. The minimum absolute atomic E-state index is 0.0684. The van der Waals surface area contributed by atoms with E-state index in [-0.39, 0.29) is 16.9 Å². The van der Waals surface area contributed by atoms with Crippen LogP contribution in [0.4, 0.5) is 8.78 Å². The van der Waals surface area contributed by atoms with Crippen LogP contribution in [0.25, 0.3) is 0 Å². The number of ether oxygens (including phenoxy) is 2. The van der Waals surface area contributed by atoms with Crippen molar-refractivity contribution in [2.75, 3.05) is 12.9 Å². The Balaban J connectivity index is 2.19. The van der Waals surface area contributed by atoms with Gasteiger partial charge < -0.3 is 14.6 Å². The van der Waals surface area contributed by atoms with E-state index in [9.17, 15) is 13.6 Å². The molecule has 1 aromatic carbocycles. The first kappa shape index (κ1) is 14.9. The second-order valence-corrected chi connectivity index (χ2v) is 5.20. The van der Waals surface area contributed by atoms with Crippen LogP contribution in [0, 0.1) is 0 Å². The summed E-state index contributed by atoms with van der Waals surface area (Å²) in [5, 5.41) is 11.5. The van der Waals surface area contributed by atoms with Crippen molar-refractivity contribution in [1.82, 2.24) is 5.32 Å². The first-order valence-electron chi connectivity index (χ1n) is 5.74. The van der Waals surface area contributed by atoms with Crippen LogP contribution in [0.3, 0.4) is 0 Å². The molecule has 0 spiro atoms. The Bertz CT molecular complexity index is 500. The maximum atomic E-state index is 12.3. The minimum atomic E-state index is -2.95. The van der Waals surface area contributed by atoms with Gasteiger partial charge in [-0.1, -0.05) is 6.07 Å². The highest BCUT2D eigenvalue weighted by molar-refractivity contribution is 7.99. The van der Waals surface area contributed by atoms with E-state index in [1.54, 1.807) is 6.07 Å². The van der Waals surface area contributed by atoms with Gasteiger partial charge in [0, 0.05) is 5.75 Å². The Labute approximate surface area is 118 Å². The number of carbonyl (C=O) groups is 1. The zero-order chi connectivity index (χ0) is 14.7. The average molecular weight is 305 g/mol. The Morgan fingerprint density at radius 1 is 1.50 bits per heavy atom. The number of halogens is 2. The van der Waals surface area contributed by atoms with Crippen LogP contribution >= 0.6 is 11.8 Å². The van der Waals surface area contributed by atoms with Crippen LogP contribution < -0.4 is 14.8 Å². The van der Waals surface area contributed by atoms with E-state index in [1.807, 2.05) is 0 Å². The maximum absolute atomic E-state index is 12.3. The van der Waals surface area contributed by atoms with Gasteiger partial charge in [0.1, 0.15) is 6.04 Å². The molecule has 5 nitrogen and oxygen atoms in total. The van der Waals surface area contributed by atoms with Crippen molar-refractivity contribution in [3.8, 4) is 11.5 Å². The quantitative estimate of drug-likeness (QED) is 0.868. The maximum Gasteiger partial charge on any atom is 0.387 e. The molecule has 1 aliphatic heterocycles. The Hall–Kier alpha value is -1.54. The summed E-state index contributed by atoms with van der Waals surface area (Å²) in [7, 11) is 1.36. The summed E-state index contributed by atoms with van der Waals surface area (Å²) in [5.41, 5.74) is 0.662. The van der Waals surface area contributed by atoms with Gasteiger partial charge in [-0.25, -0.2) is 0 Å². The Morgan fingerprint density at radius 2 is 2.25 bits per heavy atom. The highest BCUT2D eigenvalue weighted by Gasteiger charge is 2.30. The number of hydrogen-bond donors (Lipinski definition) is 2. The van der Waals surface area contributed by atoms with Crippen LogP contribution in [0.2, 0.25) is 0 Å². The van der Waals surface area contributed by atoms with Crippen molar-refractivity contribution in [3.05, 3.63) is 23.8 Å². The third-order valence-corrected chi connectivity index (χ3v) is 4.05. The fraction of sp³-hybridized carbons (Fsp3) is 0.417. The molecule has 1 fully saturated rings. The minimum Gasteiger partial charge on any atom is -0.493 e. The van der Waals surface area contributed by atoms with Gasteiger partial charge in [0.05, 0.1) is 12.5 Å². The van der Waals surface area contributed by atoms with Gasteiger partial charge in [0.25, 0.3) is 0 Å². The van der Waals surface area contributed by atoms with Crippen LogP contribution in [0.5, 0.6) is 11.5 Å². The molecular formula is C12H13F2NO4S. The predicted octanol–water partition coefficient (Wildman–Crippen LogP) is 2.08. The number of hydrogen-bond acceptors (Lipinski definition) is 5. The van der Waals surface area contributed by atoms with Crippen LogP contribution in [-0.4, -0.2) is 36.6 Å². The fourth-order valence-electron chi connectivity index (χ4n) is 1.85. The predicted molar refractivity (Wildman–Crippen MR) is 69.4 cm³/mol. The molecule has 0 bridgehead atoms. The van der Waals surface area contributed by atoms with Crippen molar-refractivity contribution in [1.29, 1.82) is 0 Å². The summed E-state index contributed by atoms with van der Waals surface area (Å²) in [6.07, 6.45) is 0. The highest BCUT2D eigenvalue weighted by atomic mass is 32.2. The van der Waals surface area contributed by atoms with E-state index in [1.165, 1.54) is 31.0 Å². The molecule has 20 heavy (non-hydrogen) atoms. The second-order valence-electron chi connectivity index (χ2n) is 4.06. The molecule has 0 aliphatic carbocycles. The van der Waals surface area contributed by atoms with E-state index >= 15 is 0 Å². The van der Waals surface area contributed by atoms with E-state index < -0.39 is 18.6 Å². The summed E-state index contributed by atoms with van der Waals surface area (Å²) in [6.45, 7) is -2.95. The highest BCUT2D eigenvalue weighted by Crippen LogP contribution is 2.37. The molecule has 1 unspecified atom stereocenters. The lowest BCUT2D eigenvalue weighted by atomic mass is 10.2. The normalized spacial score (nSPS) is 22.0. The molecule has 1 aromatic rings. The van der Waals surface area contributed by atoms with Crippen LogP contribution in [0.1, 0.15) is 10.9 Å². The monoisotopic (exact) mass is 305 g/mol. The molecule has 2 N–H and O–H groups in total. The molecule has 2 rings (SSSR count). The molecule has 0 radical (unpaired) electrons. The summed E-state index contributed by atoms with van der Waals surface area (Å²) < 4.78 is 34.0. The number of methoxy groups -OCH3 is 1. The van der Waals surface area contributed by atoms with E-state index in [0.717, 1.165) is 0 Å². The number of rotatable bonds is 5. The first-order valence-corrected chi connectivity index (χ1v) is 6.79. The van der Waals surface area contributed by atoms with Gasteiger partial charge in [-0.15, -0.1) is 11.8 Å². The zero-order valence-electron chi connectivity index (χ0n) is 10.5. The Morgan fingerprint density at radius 3 is 2.80 bits per heavy atom. The van der Waals surface area contributed by atoms with Crippen LogP contribution in [0.15, 0.2) is 18.2 Å². The molecule has 0 saturated carbocycles. The molecule has 1 aliphatic rings. The van der Waals surface area contributed by atoms with Gasteiger partial charge in [-0.05, 0) is 17.7 Å². The van der Waals surface area contributed by atoms with Gasteiger partial charge in [0.2, 0.25) is 0 Å². The number of thioether (sulfide) groups is 1. The van der Waals surface area contributed by atoms with E-state index in [2.05, 4.69) is 10.1 Å². The summed E-state index contributed by atoms with van der Waals surface area (Å²) in [4.78, 5) is 10.9. The Kier molecular flexibility index (Phi) is 4.66. The van der Waals surface area contributed by atoms with Gasteiger partial charge in [-0.2, -0.15) is 8.78 Å². The number of carboxylic acids is 1. The number of aliphatic carboxylic acids is 1. The molecule has 110 valence electrons. The standard InChI is InChI=1S/C12H13F2NO4S/c1-18-8-3-2-6(4-9(8)19-12(13)14)10-15-7(5-20-10)11(16)17/h2-4,7,10,12,15H,5H2,1H3,(H,16,17)/t7-,10?/m1/s1. The lowest BCUT2D eigenvalue weighted by Gasteiger charge is -2.15. The summed E-state index contributed by atoms with van der Waals surface area (Å²) >= 11 is 1.40. The number of benzene rings is 1. The zero-order valence-corrected chi connectivity index (χ0v) is 11.3. The molecule has 1 heterocycles. The lowest BCUT2D eigenvalue weighted by Crippen LogP contribution is -2.33. The van der Waals surface area contributed by atoms with E-state index in [4.69, 9.17) is 9.84 Å². The smallest absolute Gasteiger partial charge is 0.387 e. The first-order chi connectivity index (χ1) is 9.51. The fourth-order valence-corrected chi connectivity index (χ4v) is 3.07. The van der Waals surface area contributed by atoms with Crippen molar-refractivity contribution in [2.45, 2.75) is 18.0 Å². The third-order valence-electron chi connectivity index (χ3n) is 2.79. The molecule has 2 atom stereocenters. The van der Waals surface area contributed by atoms with Crippen molar-refractivity contribution >= 4 is 17.7 Å². The average Bonchev–Trinajstić information content (AvgIpc) is 2.87.